The molecule has 0 bridgehead atoms. The highest BCUT2D eigenvalue weighted by Crippen LogP contribution is 2.12. The van der Waals surface area contributed by atoms with Crippen molar-refractivity contribution in [2.24, 2.45) is 5.73 Å². The number of unbranched alkanes of at least 4 members (excludes halogenated alkanes) is 2. The number of amides is 3. The molecular formula is C30H45N9O12. The van der Waals surface area contributed by atoms with E-state index < -0.39 is 66.3 Å². The number of aromatic nitrogens is 4. The summed E-state index contributed by atoms with van der Waals surface area (Å²) in [4.78, 5) is 91.2. The van der Waals surface area contributed by atoms with Gasteiger partial charge < -0.3 is 56.4 Å². The Morgan fingerprint density at radius 1 is 0.706 bits per heavy atom. The number of imidazole rings is 2. The summed E-state index contributed by atoms with van der Waals surface area (Å²) in [5.74, 6) is -5.55. The van der Waals surface area contributed by atoms with E-state index in [9.17, 15) is 48.9 Å². The van der Waals surface area contributed by atoms with E-state index in [2.05, 4.69) is 25.9 Å². The molecule has 51 heavy (non-hydrogen) atoms. The molecule has 21 nitrogen and oxygen atoms in total. The second-order valence-electron chi connectivity index (χ2n) is 11.7. The van der Waals surface area contributed by atoms with Crippen LogP contribution in [-0.2, 0) is 54.9 Å². The Kier molecular flexibility index (Phi) is 17.5. The molecule has 0 aliphatic heterocycles. The van der Waals surface area contributed by atoms with E-state index in [4.69, 9.17) is 15.9 Å². The summed E-state index contributed by atoms with van der Waals surface area (Å²) in [5.41, 5.74) is 6.07. The third-order valence-corrected chi connectivity index (χ3v) is 7.59. The number of aliphatic carboxylic acids is 5. The Balaban J connectivity index is 1.80. The van der Waals surface area contributed by atoms with Crippen molar-refractivity contribution in [1.29, 1.82) is 0 Å². The van der Waals surface area contributed by atoms with Gasteiger partial charge in [-0.1, -0.05) is 6.42 Å². The molecule has 2 aromatic heterocycles. The summed E-state index contributed by atoms with van der Waals surface area (Å²) in [7, 11) is 0. The van der Waals surface area contributed by atoms with Gasteiger partial charge in [-0.05, 0) is 45.1 Å². The summed E-state index contributed by atoms with van der Waals surface area (Å²) in [6.45, 7) is 0.616. The molecule has 3 amide bonds. The Morgan fingerprint density at radius 2 is 1.22 bits per heavy atom. The molecule has 10 N–H and O–H groups in total. The van der Waals surface area contributed by atoms with Crippen LogP contribution in [0, 0.1) is 0 Å². The van der Waals surface area contributed by atoms with Crippen LogP contribution in [0.3, 0.4) is 0 Å². The van der Waals surface area contributed by atoms with Crippen LogP contribution in [0.15, 0.2) is 24.8 Å². The van der Waals surface area contributed by atoms with Gasteiger partial charge in [0.2, 0.25) is 5.91 Å². The number of nitrogens with one attached hydrogen (secondary N) is 3. The third-order valence-electron chi connectivity index (χ3n) is 7.59. The Bertz CT molecular complexity index is 1440. The van der Waals surface area contributed by atoms with Crippen molar-refractivity contribution in [2.45, 2.75) is 95.7 Å². The van der Waals surface area contributed by atoms with Crippen molar-refractivity contribution >= 4 is 41.8 Å². The quantitative estimate of drug-likeness (QED) is 0.0531. The molecule has 0 fully saturated rings. The van der Waals surface area contributed by atoms with Crippen LogP contribution in [0.25, 0.3) is 0 Å². The molecule has 2 aromatic rings. The SMILES string of the molecule is NC(CCCCN(Cc1nccn1CC(=O)O)Cc1nccn1CC(=O)O)C(=O)NCCCC[C@H](NC(=O)N[C@@H](CCC(=O)O)C(=O)O)C(=O)O. The Labute approximate surface area is 291 Å². The molecule has 0 spiro atoms. The highest BCUT2D eigenvalue weighted by molar-refractivity contribution is 5.86. The topological polar surface area (TPSA) is 322 Å². The zero-order valence-electron chi connectivity index (χ0n) is 27.8. The van der Waals surface area contributed by atoms with Crippen LogP contribution in [0.4, 0.5) is 4.79 Å². The molecule has 2 rings (SSSR count). The number of carboxylic acid groups (broad SMARTS) is 5. The molecule has 3 atom stereocenters. The van der Waals surface area contributed by atoms with E-state index in [0.717, 1.165) is 0 Å². The lowest BCUT2D eigenvalue weighted by Crippen LogP contribution is -2.51. The van der Waals surface area contributed by atoms with Gasteiger partial charge in [0.15, 0.2) is 0 Å². The maximum Gasteiger partial charge on any atom is 0.326 e. The minimum atomic E-state index is -1.52. The second kappa shape index (κ2) is 21.5. The van der Waals surface area contributed by atoms with Crippen molar-refractivity contribution in [2.75, 3.05) is 13.1 Å². The molecule has 0 aromatic carbocycles. The van der Waals surface area contributed by atoms with Crippen LogP contribution in [0.1, 0.15) is 63.0 Å². The first-order valence-electron chi connectivity index (χ1n) is 16.1. The highest BCUT2D eigenvalue weighted by Gasteiger charge is 2.25. The smallest absolute Gasteiger partial charge is 0.326 e. The van der Waals surface area contributed by atoms with Gasteiger partial charge in [0, 0.05) is 37.8 Å². The second-order valence-corrected chi connectivity index (χ2v) is 11.7. The van der Waals surface area contributed by atoms with Crippen molar-refractivity contribution < 1.29 is 59.1 Å². The first-order valence-corrected chi connectivity index (χ1v) is 16.1. The highest BCUT2D eigenvalue weighted by atomic mass is 16.4. The molecule has 21 heteroatoms. The number of carbonyl (C=O) groups is 7. The van der Waals surface area contributed by atoms with Crippen LogP contribution in [0.5, 0.6) is 0 Å². The number of urea groups is 1. The van der Waals surface area contributed by atoms with Crippen LogP contribution in [0.2, 0.25) is 0 Å². The van der Waals surface area contributed by atoms with Gasteiger partial charge in [0.25, 0.3) is 0 Å². The van der Waals surface area contributed by atoms with Gasteiger partial charge >= 0.3 is 35.9 Å². The van der Waals surface area contributed by atoms with Gasteiger partial charge in [-0.3, -0.25) is 24.1 Å². The average Bonchev–Trinajstić information content (AvgIpc) is 3.67. The van der Waals surface area contributed by atoms with Crippen molar-refractivity contribution in [3.63, 3.8) is 0 Å². The van der Waals surface area contributed by atoms with Gasteiger partial charge in [0.05, 0.1) is 19.1 Å². The van der Waals surface area contributed by atoms with Crippen molar-refractivity contribution in [3.05, 3.63) is 36.4 Å². The van der Waals surface area contributed by atoms with E-state index in [1.807, 2.05) is 4.90 Å². The van der Waals surface area contributed by atoms with E-state index >= 15 is 0 Å². The number of rotatable bonds is 26. The lowest BCUT2D eigenvalue weighted by Gasteiger charge is -2.23. The van der Waals surface area contributed by atoms with Crippen molar-refractivity contribution in [3.8, 4) is 0 Å². The first-order chi connectivity index (χ1) is 24.2. The van der Waals surface area contributed by atoms with Gasteiger partial charge in [0.1, 0.15) is 36.8 Å². The predicted molar refractivity (Wildman–Crippen MR) is 174 cm³/mol. The molecule has 0 aliphatic carbocycles. The Hall–Kier alpha value is -5.57. The fraction of sp³-hybridized carbons (Fsp3) is 0.567. The standard InChI is InChI=1S/C30H45N9O12/c31-19(27(46)34-9-3-1-6-20(28(47)48)35-30(51)36-21(29(49)50)7-8-24(40)41)5-2-4-12-37(15-22-32-10-13-38(22)17-25(42)43)16-23-33-11-14-39(23)18-26(44)45/h10-11,13-14,19-21H,1-9,12,15-18,31H2,(H,34,46)(H,40,41)(H,42,43)(H,44,45)(H,47,48)(H,49,50)(H2,35,36,51)/t19?,20-,21-/m0/s1. The predicted octanol–water partition coefficient (Wildman–Crippen LogP) is -0.894. The van der Waals surface area contributed by atoms with Crippen molar-refractivity contribution in [1.82, 2.24) is 40.0 Å². The molecule has 0 aliphatic rings. The van der Waals surface area contributed by atoms with Gasteiger partial charge in [-0.25, -0.2) is 24.4 Å². The van der Waals surface area contributed by atoms with Crippen LogP contribution in [-0.4, -0.2) is 123 Å². The zero-order chi connectivity index (χ0) is 37.9. The summed E-state index contributed by atoms with van der Waals surface area (Å²) in [6.07, 6.45) is 7.27. The fourth-order valence-electron chi connectivity index (χ4n) is 4.96. The lowest BCUT2D eigenvalue weighted by molar-refractivity contribution is -0.141. The Morgan fingerprint density at radius 3 is 1.71 bits per heavy atom. The minimum absolute atomic E-state index is 0.0266. The van der Waals surface area contributed by atoms with Gasteiger partial charge in [-0.2, -0.15) is 0 Å². The molecule has 1 unspecified atom stereocenters. The summed E-state index contributed by atoms with van der Waals surface area (Å²) >= 11 is 0. The van der Waals surface area contributed by atoms with E-state index in [-0.39, 0.29) is 52.0 Å². The summed E-state index contributed by atoms with van der Waals surface area (Å²) in [5, 5.41) is 52.7. The van der Waals surface area contributed by atoms with Crippen LogP contribution >= 0.6 is 0 Å². The molecular weight excluding hydrogens is 678 g/mol. The molecule has 0 saturated carbocycles. The number of hydrogen-bond donors (Lipinski definition) is 9. The maximum atomic E-state index is 12.5. The maximum absolute atomic E-state index is 12.5. The monoisotopic (exact) mass is 723 g/mol. The normalized spacial score (nSPS) is 12.8. The van der Waals surface area contributed by atoms with Gasteiger partial charge in [-0.15, -0.1) is 0 Å². The lowest BCUT2D eigenvalue weighted by atomic mass is 10.1. The summed E-state index contributed by atoms with van der Waals surface area (Å²) in [6, 6.07) is -4.78. The summed E-state index contributed by atoms with van der Waals surface area (Å²) < 4.78 is 3.00. The number of nitrogens with two attached hydrogens (primary N) is 1. The first kappa shape index (κ1) is 41.6. The molecule has 0 saturated heterocycles. The van der Waals surface area contributed by atoms with E-state index in [0.29, 0.717) is 43.9 Å². The van der Waals surface area contributed by atoms with Crippen LogP contribution < -0.4 is 21.7 Å². The number of nitrogens with zero attached hydrogens (tertiary/aromatic N) is 5. The fourth-order valence-corrected chi connectivity index (χ4v) is 4.96. The average molecular weight is 724 g/mol. The largest absolute Gasteiger partial charge is 0.481 e. The van der Waals surface area contributed by atoms with E-state index in [1.54, 1.807) is 12.4 Å². The zero-order valence-corrected chi connectivity index (χ0v) is 27.8. The molecule has 2 heterocycles. The molecule has 282 valence electrons. The molecule has 0 radical (unpaired) electrons. The number of carbonyl (C=O) groups excluding carboxylic acids is 2. The third kappa shape index (κ3) is 16.1. The number of hydrogen-bond acceptors (Lipinski definition) is 11. The minimum Gasteiger partial charge on any atom is -0.481 e. The van der Waals surface area contributed by atoms with E-state index in [1.165, 1.54) is 21.5 Å². The number of carboxylic acids is 5.